The first kappa shape index (κ1) is 15.7. The number of carbonyl (C=O) groups excluding carboxylic acids is 2. The van der Waals surface area contributed by atoms with E-state index in [9.17, 15) is 9.59 Å². The number of carbonyl (C=O) groups is 2. The summed E-state index contributed by atoms with van der Waals surface area (Å²) in [4.78, 5) is 31.8. The molecule has 0 aliphatic rings. The second-order valence-electron chi connectivity index (χ2n) is 4.41. The summed E-state index contributed by atoms with van der Waals surface area (Å²) in [5.41, 5.74) is 6.66. The molecule has 0 aliphatic heterocycles. The van der Waals surface area contributed by atoms with Crippen molar-refractivity contribution in [1.82, 2.24) is 9.97 Å². The number of rotatable bonds is 4. The molecule has 0 saturated carbocycles. The number of benzene rings is 1. The van der Waals surface area contributed by atoms with Gasteiger partial charge in [0.05, 0.1) is 5.69 Å². The Morgan fingerprint density at radius 3 is 2.68 bits per heavy atom. The Morgan fingerprint density at radius 1 is 1.27 bits per heavy atom. The summed E-state index contributed by atoms with van der Waals surface area (Å²) >= 11 is 5.96. The minimum atomic E-state index is -0.756. The average Bonchev–Trinajstić information content (AvgIpc) is 2.47. The Morgan fingerprint density at radius 2 is 2.05 bits per heavy atom. The summed E-state index contributed by atoms with van der Waals surface area (Å²) in [6.45, 7) is 1.37. The summed E-state index contributed by atoms with van der Waals surface area (Å²) in [6, 6.07) is 7.94. The van der Waals surface area contributed by atoms with Gasteiger partial charge >= 0.3 is 6.03 Å². The Labute approximate surface area is 132 Å². The maximum absolute atomic E-state index is 11.5. The standard InChI is InChI=1S/C15H13ClN4O2/c1-10(21)5-6-20(15(17)22)14-8-13(18-9-19-14)11-3-2-4-12(16)7-11/h2-9H,1H3,(H2,17,22)/b6-5-. The van der Waals surface area contributed by atoms with Crippen LogP contribution in [-0.4, -0.2) is 21.8 Å². The molecule has 1 aromatic carbocycles. The van der Waals surface area contributed by atoms with Crippen molar-refractivity contribution in [1.29, 1.82) is 0 Å². The highest BCUT2D eigenvalue weighted by Crippen LogP contribution is 2.23. The lowest BCUT2D eigenvalue weighted by molar-refractivity contribution is -0.112. The largest absolute Gasteiger partial charge is 0.351 e. The predicted octanol–water partition coefficient (Wildman–Crippen LogP) is 2.78. The second-order valence-corrected chi connectivity index (χ2v) is 4.84. The van der Waals surface area contributed by atoms with Crippen LogP contribution in [0.5, 0.6) is 0 Å². The van der Waals surface area contributed by atoms with E-state index in [-0.39, 0.29) is 11.6 Å². The first-order valence-corrected chi connectivity index (χ1v) is 6.70. The molecule has 22 heavy (non-hydrogen) atoms. The average molecular weight is 317 g/mol. The lowest BCUT2D eigenvalue weighted by Gasteiger charge is -2.14. The lowest BCUT2D eigenvalue weighted by Crippen LogP contribution is -2.31. The Kier molecular flexibility index (Phi) is 4.85. The van der Waals surface area contributed by atoms with Crippen LogP contribution in [0.3, 0.4) is 0 Å². The zero-order chi connectivity index (χ0) is 16.1. The highest BCUT2D eigenvalue weighted by molar-refractivity contribution is 6.30. The maximum Gasteiger partial charge on any atom is 0.324 e. The van der Waals surface area contributed by atoms with Gasteiger partial charge in [-0.05, 0) is 25.1 Å². The fourth-order valence-electron chi connectivity index (χ4n) is 1.73. The summed E-state index contributed by atoms with van der Waals surface area (Å²) in [5.74, 6) is 0.0466. The van der Waals surface area contributed by atoms with E-state index in [2.05, 4.69) is 9.97 Å². The van der Waals surface area contributed by atoms with Crippen molar-refractivity contribution in [2.24, 2.45) is 5.73 Å². The summed E-state index contributed by atoms with van der Waals surface area (Å²) < 4.78 is 0. The number of primary amides is 1. The van der Waals surface area contributed by atoms with Crippen LogP contribution in [-0.2, 0) is 4.79 Å². The molecule has 2 aromatic rings. The van der Waals surface area contributed by atoms with E-state index < -0.39 is 6.03 Å². The van der Waals surface area contributed by atoms with Crippen LogP contribution in [0.15, 0.2) is 48.9 Å². The number of halogens is 1. The van der Waals surface area contributed by atoms with Crippen LogP contribution in [0, 0.1) is 0 Å². The first-order chi connectivity index (χ1) is 10.5. The molecule has 0 spiro atoms. The summed E-state index contributed by atoms with van der Waals surface area (Å²) in [6.07, 6.45) is 3.81. The van der Waals surface area contributed by atoms with E-state index >= 15 is 0 Å². The molecule has 0 fully saturated rings. The second kappa shape index (κ2) is 6.82. The number of nitrogens with zero attached hydrogens (tertiary/aromatic N) is 3. The van der Waals surface area contributed by atoms with Crippen molar-refractivity contribution in [2.45, 2.75) is 6.92 Å². The van der Waals surface area contributed by atoms with Gasteiger partial charge in [0, 0.05) is 22.9 Å². The number of ketones is 1. The minimum Gasteiger partial charge on any atom is -0.351 e. The third-order valence-electron chi connectivity index (χ3n) is 2.72. The molecule has 0 unspecified atom stereocenters. The Bertz CT molecular complexity index is 746. The zero-order valence-corrected chi connectivity index (χ0v) is 12.5. The van der Waals surface area contributed by atoms with E-state index in [4.69, 9.17) is 17.3 Å². The van der Waals surface area contributed by atoms with Crippen LogP contribution < -0.4 is 10.6 Å². The van der Waals surface area contributed by atoms with Crippen LogP contribution in [0.2, 0.25) is 5.02 Å². The van der Waals surface area contributed by atoms with Crippen molar-refractivity contribution in [3.63, 3.8) is 0 Å². The van der Waals surface area contributed by atoms with E-state index in [0.29, 0.717) is 10.7 Å². The highest BCUT2D eigenvalue weighted by atomic mass is 35.5. The molecule has 0 aliphatic carbocycles. The monoisotopic (exact) mass is 316 g/mol. The number of hydrogen-bond acceptors (Lipinski definition) is 4. The normalized spacial score (nSPS) is 10.6. The molecule has 0 bridgehead atoms. The molecule has 7 heteroatoms. The Hall–Kier alpha value is -2.73. The van der Waals surface area contributed by atoms with Crippen molar-refractivity contribution in [2.75, 3.05) is 4.90 Å². The van der Waals surface area contributed by atoms with Gasteiger partial charge in [-0.3, -0.25) is 9.69 Å². The van der Waals surface area contributed by atoms with Gasteiger partial charge < -0.3 is 5.73 Å². The molecular weight excluding hydrogens is 304 g/mol. The number of allylic oxidation sites excluding steroid dienone is 1. The van der Waals surface area contributed by atoms with E-state index in [1.807, 2.05) is 6.07 Å². The fourth-order valence-corrected chi connectivity index (χ4v) is 1.92. The zero-order valence-electron chi connectivity index (χ0n) is 11.7. The number of anilines is 1. The van der Waals surface area contributed by atoms with Gasteiger partial charge in [0.2, 0.25) is 0 Å². The molecule has 6 nitrogen and oxygen atoms in total. The molecular formula is C15H13ClN4O2. The molecule has 0 atom stereocenters. The molecule has 2 amide bonds. The van der Waals surface area contributed by atoms with Gasteiger partial charge in [-0.15, -0.1) is 0 Å². The maximum atomic E-state index is 11.5. The summed E-state index contributed by atoms with van der Waals surface area (Å²) in [7, 11) is 0. The number of amides is 2. The fraction of sp³-hybridized carbons (Fsp3) is 0.0667. The minimum absolute atomic E-state index is 0.213. The predicted molar refractivity (Wildman–Crippen MR) is 84.4 cm³/mol. The molecule has 1 heterocycles. The molecule has 0 radical (unpaired) electrons. The third-order valence-corrected chi connectivity index (χ3v) is 2.95. The van der Waals surface area contributed by atoms with Crippen LogP contribution >= 0.6 is 11.6 Å². The van der Waals surface area contributed by atoms with E-state index in [1.54, 1.807) is 24.3 Å². The molecule has 0 saturated heterocycles. The lowest BCUT2D eigenvalue weighted by atomic mass is 10.1. The highest BCUT2D eigenvalue weighted by Gasteiger charge is 2.12. The smallest absolute Gasteiger partial charge is 0.324 e. The molecule has 1 aromatic heterocycles. The van der Waals surface area contributed by atoms with Crippen molar-refractivity contribution >= 4 is 29.2 Å². The first-order valence-electron chi connectivity index (χ1n) is 6.33. The van der Waals surface area contributed by atoms with Crippen LogP contribution in [0.4, 0.5) is 10.6 Å². The molecule has 112 valence electrons. The number of nitrogens with two attached hydrogens (primary N) is 1. The van der Waals surface area contributed by atoms with Gasteiger partial charge in [0.25, 0.3) is 0 Å². The van der Waals surface area contributed by atoms with Gasteiger partial charge in [-0.2, -0.15) is 0 Å². The van der Waals surface area contributed by atoms with Gasteiger partial charge in [-0.25, -0.2) is 14.8 Å². The van der Waals surface area contributed by atoms with Crippen LogP contribution in [0.25, 0.3) is 11.3 Å². The van der Waals surface area contributed by atoms with Gasteiger partial charge in [0.15, 0.2) is 5.78 Å². The number of urea groups is 1. The third kappa shape index (κ3) is 3.89. The quantitative estimate of drug-likeness (QED) is 0.878. The van der Waals surface area contributed by atoms with E-state index in [1.165, 1.54) is 25.5 Å². The van der Waals surface area contributed by atoms with Gasteiger partial charge in [0.1, 0.15) is 12.1 Å². The van der Waals surface area contributed by atoms with Gasteiger partial charge in [-0.1, -0.05) is 23.7 Å². The topological polar surface area (TPSA) is 89.2 Å². The van der Waals surface area contributed by atoms with Crippen LogP contribution in [0.1, 0.15) is 6.92 Å². The van der Waals surface area contributed by atoms with E-state index in [0.717, 1.165) is 10.5 Å². The van der Waals surface area contributed by atoms with Crippen molar-refractivity contribution in [3.8, 4) is 11.3 Å². The SMILES string of the molecule is CC(=O)/C=C\N(C(N)=O)c1cc(-c2cccc(Cl)c2)ncn1. The molecule has 2 rings (SSSR count). The Balaban J connectivity index is 2.41. The molecule has 2 N–H and O–H groups in total. The summed E-state index contributed by atoms with van der Waals surface area (Å²) in [5, 5.41) is 0.570. The van der Waals surface area contributed by atoms with Crippen molar-refractivity contribution < 1.29 is 9.59 Å². The van der Waals surface area contributed by atoms with Crippen molar-refractivity contribution in [3.05, 3.63) is 54.0 Å². The number of hydrogen-bond donors (Lipinski definition) is 1. The number of aromatic nitrogens is 2.